The number of carbonyl (C=O) groups excluding carboxylic acids is 1. The van der Waals surface area contributed by atoms with Gasteiger partial charge in [0.05, 0.1) is 13.7 Å². The molecule has 0 aliphatic heterocycles. The molecule has 1 aromatic heterocycles. The SMILES string of the molecule is COc1ccc(N(Cc2cc3ccccc3[nH]c2=O)C(=O)C(C)(C)C)cc1. The number of nitrogens with zero attached hydrogens (tertiary/aromatic N) is 1. The fraction of sp³-hybridized carbons (Fsp3) is 0.273. The number of carbonyl (C=O) groups is 1. The first-order chi connectivity index (χ1) is 12.8. The second kappa shape index (κ2) is 7.27. The summed E-state index contributed by atoms with van der Waals surface area (Å²) in [6.07, 6.45) is 0. The Morgan fingerprint density at radius 1 is 1.07 bits per heavy atom. The summed E-state index contributed by atoms with van der Waals surface area (Å²) in [6, 6.07) is 16.7. The third-order valence-electron chi connectivity index (χ3n) is 4.43. The van der Waals surface area contributed by atoms with Crippen molar-refractivity contribution in [1.29, 1.82) is 0 Å². The van der Waals surface area contributed by atoms with E-state index in [0.717, 1.165) is 16.6 Å². The van der Waals surface area contributed by atoms with E-state index in [9.17, 15) is 9.59 Å². The van der Waals surface area contributed by atoms with Crippen LogP contribution in [0.3, 0.4) is 0 Å². The Kier molecular flexibility index (Phi) is 5.04. The van der Waals surface area contributed by atoms with Crippen LogP contribution >= 0.6 is 0 Å². The summed E-state index contributed by atoms with van der Waals surface area (Å²) >= 11 is 0. The van der Waals surface area contributed by atoms with Crippen LogP contribution in [0.2, 0.25) is 0 Å². The number of hydrogen-bond donors (Lipinski definition) is 1. The van der Waals surface area contributed by atoms with Gasteiger partial charge in [0.25, 0.3) is 5.56 Å². The summed E-state index contributed by atoms with van der Waals surface area (Å²) in [6.45, 7) is 5.81. The molecular formula is C22H24N2O3. The standard InChI is InChI=1S/C22H24N2O3/c1-22(2,3)21(26)24(17-9-11-18(27-4)12-10-17)14-16-13-15-7-5-6-8-19(15)23-20(16)25/h5-13H,14H2,1-4H3,(H,23,25). The molecule has 0 radical (unpaired) electrons. The molecule has 0 spiro atoms. The van der Waals surface area contributed by atoms with Gasteiger partial charge in [-0.2, -0.15) is 0 Å². The summed E-state index contributed by atoms with van der Waals surface area (Å²) in [5.74, 6) is 0.658. The van der Waals surface area contributed by atoms with Gasteiger partial charge in [-0.25, -0.2) is 0 Å². The number of hydrogen-bond acceptors (Lipinski definition) is 3. The molecule has 3 aromatic rings. The zero-order valence-corrected chi connectivity index (χ0v) is 16.1. The summed E-state index contributed by atoms with van der Waals surface area (Å²) in [4.78, 5) is 30.2. The van der Waals surface area contributed by atoms with Gasteiger partial charge in [0.15, 0.2) is 0 Å². The molecule has 0 atom stereocenters. The molecule has 5 nitrogen and oxygen atoms in total. The Labute approximate surface area is 158 Å². The van der Waals surface area contributed by atoms with E-state index in [1.807, 2.05) is 75.4 Å². The Balaban J connectivity index is 2.04. The zero-order valence-electron chi connectivity index (χ0n) is 16.1. The van der Waals surface area contributed by atoms with Crippen molar-refractivity contribution in [2.24, 2.45) is 5.41 Å². The second-order valence-corrected chi connectivity index (χ2v) is 7.55. The van der Waals surface area contributed by atoms with E-state index in [1.54, 1.807) is 12.0 Å². The molecule has 0 unspecified atom stereocenters. The van der Waals surface area contributed by atoms with Crippen molar-refractivity contribution in [1.82, 2.24) is 4.98 Å². The van der Waals surface area contributed by atoms with Crippen LogP contribution in [0.5, 0.6) is 5.75 Å². The van der Waals surface area contributed by atoms with Gasteiger partial charge < -0.3 is 14.6 Å². The predicted octanol–water partition coefficient (Wildman–Crippen LogP) is 4.12. The van der Waals surface area contributed by atoms with Gasteiger partial charge >= 0.3 is 0 Å². The lowest BCUT2D eigenvalue weighted by atomic mass is 9.94. The molecule has 0 saturated carbocycles. The number of H-pyrrole nitrogens is 1. The molecule has 0 aliphatic rings. The monoisotopic (exact) mass is 364 g/mol. The minimum Gasteiger partial charge on any atom is -0.497 e. The first-order valence-electron chi connectivity index (χ1n) is 8.86. The number of benzene rings is 2. The number of pyridine rings is 1. The summed E-state index contributed by atoms with van der Waals surface area (Å²) in [5, 5.41) is 0.935. The van der Waals surface area contributed by atoms with Gasteiger partial charge in [0.2, 0.25) is 5.91 Å². The van der Waals surface area contributed by atoms with Crippen molar-refractivity contribution < 1.29 is 9.53 Å². The average Bonchev–Trinajstić information content (AvgIpc) is 2.65. The maximum Gasteiger partial charge on any atom is 0.253 e. The molecule has 3 rings (SSSR count). The number of aromatic amines is 1. The highest BCUT2D eigenvalue weighted by atomic mass is 16.5. The quantitative estimate of drug-likeness (QED) is 0.758. The molecule has 1 heterocycles. The first-order valence-corrected chi connectivity index (χ1v) is 8.86. The van der Waals surface area contributed by atoms with Gasteiger partial charge in [-0.05, 0) is 41.8 Å². The topological polar surface area (TPSA) is 62.4 Å². The molecule has 1 amide bonds. The van der Waals surface area contributed by atoms with Gasteiger partial charge in [-0.1, -0.05) is 39.0 Å². The third kappa shape index (κ3) is 4.03. The van der Waals surface area contributed by atoms with E-state index in [1.165, 1.54) is 0 Å². The number of aromatic nitrogens is 1. The molecule has 27 heavy (non-hydrogen) atoms. The Hall–Kier alpha value is -3.08. The number of fused-ring (bicyclic) bond motifs is 1. The summed E-state index contributed by atoms with van der Waals surface area (Å²) < 4.78 is 5.20. The lowest BCUT2D eigenvalue weighted by molar-refractivity contribution is -0.125. The molecule has 2 aromatic carbocycles. The summed E-state index contributed by atoms with van der Waals surface area (Å²) in [5.41, 5.74) is 1.28. The maximum absolute atomic E-state index is 13.1. The van der Waals surface area contributed by atoms with Crippen LogP contribution in [-0.4, -0.2) is 18.0 Å². The van der Waals surface area contributed by atoms with Crippen molar-refractivity contribution in [2.45, 2.75) is 27.3 Å². The normalized spacial score (nSPS) is 11.4. The zero-order chi connectivity index (χ0) is 19.6. The van der Waals surface area contributed by atoms with Crippen LogP contribution < -0.4 is 15.2 Å². The smallest absolute Gasteiger partial charge is 0.253 e. The molecule has 5 heteroatoms. The fourth-order valence-corrected chi connectivity index (χ4v) is 2.93. The molecule has 0 bridgehead atoms. The van der Waals surface area contributed by atoms with Crippen molar-refractivity contribution >= 4 is 22.5 Å². The first kappa shape index (κ1) is 18.7. The molecular weight excluding hydrogens is 340 g/mol. The highest BCUT2D eigenvalue weighted by molar-refractivity contribution is 5.97. The van der Waals surface area contributed by atoms with Crippen molar-refractivity contribution in [2.75, 3.05) is 12.0 Å². The molecule has 0 aliphatic carbocycles. The van der Waals surface area contributed by atoms with Crippen LogP contribution in [0.25, 0.3) is 10.9 Å². The van der Waals surface area contributed by atoms with E-state index in [2.05, 4.69) is 4.98 Å². The van der Waals surface area contributed by atoms with Crippen LogP contribution in [0.15, 0.2) is 59.4 Å². The van der Waals surface area contributed by atoms with Gasteiger partial charge in [-0.15, -0.1) is 0 Å². The van der Waals surface area contributed by atoms with Crippen LogP contribution in [-0.2, 0) is 11.3 Å². The number of nitrogens with one attached hydrogen (secondary N) is 1. The van der Waals surface area contributed by atoms with Crippen LogP contribution in [0, 0.1) is 5.41 Å². The number of para-hydroxylation sites is 1. The van der Waals surface area contributed by atoms with E-state index in [4.69, 9.17) is 4.74 Å². The predicted molar refractivity (Wildman–Crippen MR) is 108 cm³/mol. The highest BCUT2D eigenvalue weighted by Crippen LogP contribution is 2.27. The van der Waals surface area contributed by atoms with Crippen molar-refractivity contribution in [3.8, 4) is 5.75 Å². The van der Waals surface area contributed by atoms with E-state index in [-0.39, 0.29) is 18.0 Å². The lowest BCUT2D eigenvalue weighted by Crippen LogP contribution is -2.40. The van der Waals surface area contributed by atoms with Gasteiger partial charge in [-0.3, -0.25) is 9.59 Å². The Bertz CT molecular complexity index is 1010. The fourth-order valence-electron chi connectivity index (χ4n) is 2.93. The number of amides is 1. The number of ether oxygens (including phenoxy) is 1. The minimum absolute atomic E-state index is 0.0553. The van der Waals surface area contributed by atoms with Crippen molar-refractivity contribution in [3.05, 3.63) is 70.5 Å². The second-order valence-electron chi connectivity index (χ2n) is 7.55. The van der Waals surface area contributed by atoms with E-state index < -0.39 is 5.41 Å². The molecule has 140 valence electrons. The average molecular weight is 364 g/mol. The van der Waals surface area contributed by atoms with Crippen LogP contribution in [0.1, 0.15) is 26.3 Å². The molecule has 1 N–H and O–H groups in total. The van der Waals surface area contributed by atoms with Gasteiger partial charge in [0, 0.05) is 22.2 Å². The number of anilines is 1. The number of rotatable bonds is 4. The third-order valence-corrected chi connectivity index (χ3v) is 4.43. The summed E-state index contributed by atoms with van der Waals surface area (Å²) in [7, 11) is 1.60. The lowest BCUT2D eigenvalue weighted by Gasteiger charge is -2.29. The maximum atomic E-state index is 13.1. The number of methoxy groups -OCH3 is 1. The van der Waals surface area contributed by atoms with E-state index >= 15 is 0 Å². The Morgan fingerprint density at radius 3 is 2.37 bits per heavy atom. The Morgan fingerprint density at radius 2 is 1.74 bits per heavy atom. The van der Waals surface area contributed by atoms with Crippen LogP contribution in [0.4, 0.5) is 5.69 Å². The highest BCUT2D eigenvalue weighted by Gasteiger charge is 2.29. The molecule has 0 fully saturated rings. The molecule has 0 saturated heterocycles. The van der Waals surface area contributed by atoms with Gasteiger partial charge in [0.1, 0.15) is 5.75 Å². The van der Waals surface area contributed by atoms with E-state index in [0.29, 0.717) is 11.3 Å². The van der Waals surface area contributed by atoms with Crippen molar-refractivity contribution in [3.63, 3.8) is 0 Å². The largest absolute Gasteiger partial charge is 0.497 e. The minimum atomic E-state index is -0.580.